The molecular weight excluding hydrogens is 261 g/mol. The number of hydrogen-bond donors (Lipinski definition) is 1. The van der Waals surface area contributed by atoms with Gasteiger partial charge in [-0.3, -0.25) is 0 Å². The Morgan fingerprint density at radius 3 is 2.52 bits per heavy atom. The summed E-state index contributed by atoms with van der Waals surface area (Å²) < 4.78 is 13.5. The first-order valence-corrected chi connectivity index (χ1v) is 7.65. The second-order valence-corrected chi connectivity index (χ2v) is 5.64. The molecule has 0 aliphatic rings. The largest absolute Gasteiger partial charge is 0.310 e. The van der Waals surface area contributed by atoms with Crippen LogP contribution in [0.3, 0.4) is 0 Å². The van der Waals surface area contributed by atoms with Crippen LogP contribution in [-0.4, -0.2) is 6.54 Å². The van der Waals surface area contributed by atoms with E-state index in [9.17, 15) is 4.39 Å². The average Bonchev–Trinajstić information content (AvgIpc) is 2.48. The Morgan fingerprint density at radius 2 is 1.81 bits per heavy atom. The maximum Gasteiger partial charge on any atom is 0.123 e. The molecule has 0 bridgehead atoms. The molecule has 0 spiro atoms. The third kappa shape index (κ3) is 4.15. The van der Waals surface area contributed by atoms with Crippen LogP contribution in [0.2, 0.25) is 0 Å². The van der Waals surface area contributed by atoms with Gasteiger partial charge in [0.05, 0.1) is 0 Å². The number of nitrogens with one attached hydrogen (secondary N) is 1. The molecule has 0 saturated heterocycles. The van der Waals surface area contributed by atoms with Crippen molar-refractivity contribution in [3.05, 3.63) is 70.5 Å². The minimum atomic E-state index is -0.158. The van der Waals surface area contributed by atoms with Crippen LogP contribution in [0.25, 0.3) is 0 Å². The van der Waals surface area contributed by atoms with E-state index in [1.54, 1.807) is 6.07 Å². The number of halogens is 1. The van der Waals surface area contributed by atoms with E-state index in [1.165, 1.54) is 17.2 Å². The summed E-state index contributed by atoms with van der Waals surface area (Å²) in [6.45, 7) is 7.31. The van der Waals surface area contributed by atoms with Crippen molar-refractivity contribution in [3.63, 3.8) is 0 Å². The number of rotatable bonds is 6. The van der Waals surface area contributed by atoms with Crippen LogP contribution in [0.5, 0.6) is 0 Å². The van der Waals surface area contributed by atoms with Gasteiger partial charge in [-0.15, -0.1) is 0 Å². The Kier molecular flexibility index (Phi) is 5.51. The van der Waals surface area contributed by atoms with Gasteiger partial charge in [-0.05, 0) is 67.6 Å². The summed E-state index contributed by atoms with van der Waals surface area (Å²) in [6, 6.07) is 13.7. The molecule has 1 N–H and O–H groups in total. The normalized spacial score (nSPS) is 12.4. The lowest BCUT2D eigenvalue weighted by molar-refractivity contribution is 0.524. The van der Waals surface area contributed by atoms with E-state index in [0.717, 1.165) is 30.5 Å². The first kappa shape index (κ1) is 15.7. The Labute approximate surface area is 127 Å². The highest BCUT2D eigenvalue weighted by molar-refractivity contribution is 5.33. The third-order valence-corrected chi connectivity index (χ3v) is 3.94. The molecule has 0 aromatic heterocycles. The Balaban J connectivity index is 2.28. The molecule has 2 rings (SSSR count). The highest BCUT2D eigenvalue weighted by Crippen LogP contribution is 2.23. The van der Waals surface area contributed by atoms with E-state index in [-0.39, 0.29) is 11.9 Å². The van der Waals surface area contributed by atoms with Crippen LogP contribution in [0, 0.1) is 19.7 Å². The van der Waals surface area contributed by atoms with Crippen LogP contribution < -0.4 is 5.32 Å². The zero-order valence-electron chi connectivity index (χ0n) is 13.1. The minimum Gasteiger partial charge on any atom is -0.310 e. The highest BCUT2D eigenvalue weighted by Gasteiger charge is 2.15. The Hall–Kier alpha value is -1.67. The first-order valence-electron chi connectivity index (χ1n) is 7.65. The minimum absolute atomic E-state index is 0.158. The fourth-order valence-electron chi connectivity index (χ4n) is 2.67. The van der Waals surface area contributed by atoms with Crippen molar-refractivity contribution in [1.29, 1.82) is 0 Å². The van der Waals surface area contributed by atoms with E-state index in [2.05, 4.69) is 43.4 Å². The van der Waals surface area contributed by atoms with Crippen LogP contribution >= 0.6 is 0 Å². The Bertz CT molecular complexity index is 592. The molecule has 1 unspecified atom stereocenters. The molecule has 21 heavy (non-hydrogen) atoms. The van der Waals surface area contributed by atoms with Gasteiger partial charge in [-0.2, -0.15) is 0 Å². The zero-order chi connectivity index (χ0) is 15.2. The second-order valence-electron chi connectivity index (χ2n) is 5.64. The number of aryl methyl sites for hydroxylation is 2. The predicted octanol–water partition coefficient (Wildman–Crippen LogP) is 4.73. The molecule has 0 fully saturated rings. The lowest BCUT2D eigenvalue weighted by atomic mass is 9.93. The number of benzene rings is 2. The topological polar surface area (TPSA) is 12.0 Å². The zero-order valence-corrected chi connectivity index (χ0v) is 13.1. The molecular formula is C19H24FN. The molecule has 0 saturated carbocycles. The molecule has 2 aromatic rings. The quantitative estimate of drug-likeness (QED) is 0.809. The molecule has 2 heteroatoms. The van der Waals surface area contributed by atoms with Gasteiger partial charge in [0.1, 0.15) is 5.82 Å². The van der Waals surface area contributed by atoms with Crippen molar-refractivity contribution < 1.29 is 4.39 Å². The molecule has 0 aliphatic carbocycles. The maximum absolute atomic E-state index is 13.5. The molecule has 112 valence electrons. The summed E-state index contributed by atoms with van der Waals surface area (Å²) in [6.07, 6.45) is 1.90. The smallest absolute Gasteiger partial charge is 0.123 e. The van der Waals surface area contributed by atoms with Crippen molar-refractivity contribution in [2.45, 2.75) is 39.7 Å². The fourth-order valence-corrected chi connectivity index (χ4v) is 2.67. The molecule has 0 amide bonds. The first-order chi connectivity index (χ1) is 10.1. The maximum atomic E-state index is 13.5. The van der Waals surface area contributed by atoms with Gasteiger partial charge in [0.2, 0.25) is 0 Å². The van der Waals surface area contributed by atoms with Gasteiger partial charge < -0.3 is 5.32 Å². The molecule has 0 aliphatic heterocycles. The summed E-state index contributed by atoms with van der Waals surface area (Å²) in [4.78, 5) is 0. The van der Waals surface area contributed by atoms with Crippen molar-refractivity contribution in [2.75, 3.05) is 6.54 Å². The van der Waals surface area contributed by atoms with Crippen molar-refractivity contribution in [2.24, 2.45) is 0 Å². The van der Waals surface area contributed by atoms with E-state index < -0.39 is 0 Å². The van der Waals surface area contributed by atoms with Gasteiger partial charge in [0, 0.05) is 6.04 Å². The lowest BCUT2D eigenvalue weighted by Gasteiger charge is -2.22. The lowest BCUT2D eigenvalue weighted by Crippen LogP contribution is -2.25. The van der Waals surface area contributed by atoms with Gasteiger partial charge in [0.15, 0.2) is 0 Å². The van der Waals surface area contributed by atoms with Crippen molar-refractivity contribution >= 4 is 0 Å². The van der Waals surface area contributed by atoms with Crippen LogP contribution in [0.1, 0.15) is 41.6 Å². The predicted molar refractivity (Wildman–Crippen MR) is 87.1 cm³/mol. The summed E-state index contributed by atoms with van der Waals surface area (Å²) in [7, 11) is 0. The number of hydrogen-bond acceptors (Lipinski definition) is 1. The Morgan fingerprint density at radius 1 is 1.05 bits per heavy atom. The second kappa shape index (κ2) is 7.37. The van der Waals surface area contributed by atoms with Gasteiger partial charge in [0.25, 0.3) is 0 Å². The standard InChI is InChI=1S/C19H24FN/c1-4-11-21-19(18-8-6-5-7-15(18)3)13-16-12-17(20)10-9-14(16)2/h5-10,12,19,21H,4,11,13H2,1-3H3. The molecule has 1 atom stereocenters. The van der Waals surface area contributed by atoms with E-state index in [0.29, 0.717) is 0 Å². The van der Waals surface area contributed by atoms with Gasteiger partial charge >= 0.3 is 0 Å². The SMILES string of the molecule is CCCNC(Cc1cc(F)ccc1C)c1ccccc1C. The summed E-state index contributed by atoms with van der Waals surface area (Å²) in [5.41, 5.74) is 4.80. The molecule has 2 aromatic carbocycles. The van der Waals surface area contributed by atoms with Crippen LogP contribution in [-0.2, 0) is 6.42 Å². The highest BCUT2D eigenvalue weighted by atomic mass is 19.1. The van der Waals surface area contributed by atoms with Crippen molar-refractivity contribution in [3.8, 4) is 0 Å². The van der Waals surface area contributed by atoms with Crippen LogP contribution in [0.4, 0.5) is 4.39 Å². The van der Waals surface area contributed by atoms with Gasteiger partial charge in [-0.1, -0.05) is 37.3 Å². The fraction of sp³-hybridized carbons (Fsp3) is 0.368. The van der Waals surface area contributed by atoms with E-state index in [4.69, 9.17) is 0 Å². The summed E-state index contributed by atoms with van der Waals surface area (Å²) >= 11 is 0. The van der Waals surface area contributed by atoms with Crippen LogP contribution in [0.15, 0.2) is 42.5 Å². The average molecular weight is 285 g/mol. The molecule has 0 radical (unpaired) electrons. The third-order valence-electron chi connectivity index (χ3n) is 3.94. The molecule has 1 nitrogen and oxygen atoms in total. The van der Waals surface area contributed by atoms with Crippen molar-refractivity contribution in [1.82, 2.24) is 5.32 Å². The summed E-state index contributed by atoms with van der Waals surface area (Å²) in [5, 5.41) is 3.60. The van der Waals surface area contributed by atoms with Gasteiger partial charge in [-0.25, -0.2) is 4.39 Å². The van der Waals surface area contributed by atoms with E-state index in [1.807, 2.05) is 13.0 Å². The van der Waals surface area contributed by atoms with E-state index >= 15 is 0 Å². The molecule has 0 heterocycles. The summed E-state index contributed by atoms with van der Waals surface area (Å²) in [5.74, 6) is -0.158. The monoisotopic (exact) mass is 285 g/mol.